The van der Waals surface area contributed by atoms with Crippen LogP contribution in [-0.2, 0) is 13.0 Å². The van der Waals surface area contributed by atoms with Gasteiger partial charge in [-0.3, -0.25) is 4.79 Å². The average molecular weight is 626 g/mol. The zero-order chi connectivity index (χ0) is 23.9. The Kier molecular flexibility index (Phi) is 9.08. The molecule has 34 heavy (non-hydrogen) atoms. The summed E-state index contributed by atoms with van der Waals surface area (Å²) in [7, 11) is 0. The lowest BCUT2D eigenvalue weighted by atomic mass is 10.1. The highest BCUT2D eigenvalue weighted by atomic mass is 79.9. The van der Waals surface area contributed by atoms with Crippen molar-refractivity contribution in [1.29, 1.82) is 0 Å². The summed E-state index contributed by atoms with van der Waals surface area (Å²) >= 11 is 14.6. The van der Waals surface area contributed by atoms with Crippen LogP contribution in [0.2, 0.25) is 5.02 Å². The Labute approximate surface area is 224 Å². The van der Waals surface area contributed by atoms with Gasteiger partial charge in [-0.1, -0.05) is 39.7 Å². The van der Waals surface area contributed by atoms with E-state index in [0.717, 1.165) is 67.2 Å². The average Bonchev–Trinajstić information content (AvgIpc) is 3.28. The van der Waals surface area contributed by atoms with Crippen LogP contribution in [-0.4, -0.2) is 24.7 Å². The van der Waals surface area contributed by atoms with Gasteiger partial charge in [0.25, 0.3) is 0 Å². The van der Waals surface area contributed by atoms with Gasteiger partial charge >= 0.3 is 0 Å². The lowest BCUT2D eigenvalue weighted by molar-refractivity contribution is 0.315. The summed E-state index contributed by atoms with van der Waals surface area (Å²) in [5.41, 5.74) is 3.19. The molecule has 0 radical (unpaired) electrons. The van der Waals surface area contributed by atoms with Gasteiger partial charge in [0.2, 0.25) is 5.43 Å². The molecular weight excluding hydrogens is 602 g/mol. The van der Waals surface area contributed by atoms with E-state index in [1.807, 2.05) is 41.8 Å². The highest BCUT2D eigenvalue weighted by Gasteiger charge is 2.11. The predicted molar refractivity (Wildman–Crippen MR) is 150 cm³/mol. The number of pyridine rings is 1. The summed E-state index contributed by atoms with van der Waals surface area (Å²) in [5.74, 6) is 1.60. The van der Waals surface area contributed by atoms with Crippen molar-refractivity contribution < 1.29 is 4.74 Å². The lowest BCUT2D eigenvalue weighted by Gasteiger charge is -2.15. The number of aromatic nitrogens is 1. The molecule has 0 fully saturated rings. The molecule has 2 aromatic carbocycles. The van der Waals surface area contributed by atoms with Gasteiger partial charge in [-0.15, -0.1) is 11.3 Å². The minimum atomic E-state index is 0.0493. The Morgan fingerprint density at radius 1 is 1.06 bits per heavy atom. The van der Waals surface area contributed by atoms with E-state index in [2.05, 4.69) is 53.5 Å². The van der Waals surface area contributed by atoms with Crippen LogP contribution in [0, 0.1) is 0 Å². The number of rotatable bonds is 11. The Hall–Kier alpha value is -1.84. The molecule has 0 saturated heterocycles. The largest absolute Gasteiger partial charge is 0.492 e. The van der Waals surface area contributed by atoms with Crippen LogP contribution in [0.3, 0.4) is 0 Å². The van der Waals surface area contributed by atoms with Crippen molar-refractivity contribution in [2.75, 3.05) is 25.0 Å². The molecule has 3 N–H and O–H groups in total. The molecular formula is C25H24Br2ClN3O2S. The van der Waals surface area contributed by atoms with Crippen molar-refractivity contribution in [1.82, 2.24) is 10.3 Å². The predicted octanol–water partition coefficient (Wildman–Crippen LogP) is 6.98. The first-order valence-electron chi connectivity index (χ1n) is 10.9. The highest BCUT2D eigenvalue weighted by molar-refractivity contribution is 9.11. The number of thiophene rings is 1. The maximum absolute atomic E-state index is 12.1. The Morgan fingerprint density at radius 3 is 2.71 bits per heavy atom. The Bertz CT molecular complexity index is 1310. The van der Waals surface area contributed by atoms with Crippen molar-refractivity contribution in [2.24, 2.45) is 0 Å². The van der Waals surface area contributed by atoms with E-state index < -0.39 is 0 Å². The first-order chi connectivity index (χ1) is 16.5. The second-order valence-electron chi connectivity index (χ2n) is 7.77. The topological polar surface area (TPSA) is 66.2 Å². The van der Waals surface area contributed by atoms with Gasteiger partial charge in [0.1, 0.15) is 11.6 Å². The molecule has 0 aliphatic carbocycles. The number of fused-ring (bicyclic) bond motifs is 1. The molecule has 0 aliphatic heterocycles. The number of H-pyrrole nitrogens is 1. The minimum absolute atomic E-state index is 0.0493. The molecule has 0 spiro atoms. The van der Waals surface area contributed by atoms with Gasteiger partial charge in [0.15, 0.2) is 0 Å². The molecule has 0 bridgehead atoms. The molecule has 4 aromatic rings. The van der Waals surface area contributed by atoms with Crippen molar-refractivity contribution >= 4 is 70.8 Å². The summed E-state index contributed by atoms with van der Waals surface area (Å²) in [4.78, 5) is 15.4. The molecule has 2 aromatic heterocycles. The molecule has 0 aliphatic rings. The number of halogens is 3. The maximum Gasteiger partial charge on any atom is 0.201 e. The Morgan fingerprint density at radius 2 is 1.88 bits per heavy atom. The number of aromatic amines is 1. The van der Waals surface area contributed by atoms with Crippen molar-refractivity contribution in [2.45, 2.75) is 19.4 Å². The number of nitrogens with one attached hydrogen (secondary N) is 3. The van der Waals surface area contributed by atoms with E-state index >= 15 is 0 Å². The van der Waals surface area contributed by atoms with Crippen molar-refractivity contribution in [3.63, 3.8) is 0 Å². The van der Waals surface area contributed by atoms with E-state index in [0.29, 0.717) is 13.2 Å². The van der Waals surface area contributed by atoms with E-state index in [-0.39, 0.29) is 5.43 Å². The Balaban J connectivity index is 1.25. The highest BCUT2D eigenvalue weighted by Crippen LogP contribution is 2.33. The SMILES string of the molecule is O=c1cc(NCCCNCc2cc(Br)cc(Br)c2OCCc2ccc(Cl)cc2)[nH]c2ccsc12. The van der Waals surface area contributed by atoms with E-state index in [4.69, 9.17) is 16.3 Å². The van der Waals surface area contributed by atoms with Gasteiger partial charge in [0.05, 0.1) is 21.3 Å². The fourth-order valence-electron chi connectivity index (χ4n) is 3.56. The zero-order valence-corrected chi connectivity index (χ0v) is 23.0. The van der Waals surface area contributed by atoms with Gasteiger partial charge in [-0.05, 0) is 70.2 Å². The number of anilines is 1. The molecule has 9 heteroatoms. The van der Waals surface area contributed by atoms with Gasteiger partial charge in [0, 0.05) is 40.6 Å². The van der Waals surface area contributed by atoms with Crippen LogP contribution in [0.15, 0.2) is 67.7 Å². The minimum Gasteiger partial charge on any atom is -0.492 e. The van der Waals surface area contributed by atoms with Crippen molar-refractivity contribution in [3.05, 3.63) is 89.2 Å². The number of benzene rings is 2. The van der Waals surface area contributed by atoms with Crippen LogP contribution >= 0.6 is 54.8 Å². The summed E-state index contributed by atoms with van der Waals surface area (Å²) in [6, 6.07) is 15.5. The summed E-state index contributed by atoms with van der Waals surface area (Å²) in [6.07, 6.45) is 1.71. The fraction of sp³-hybridized carbons (Fsp3) is 0.240. The van der Waals surface area contributed by atoms with Crippen LogP contribution < -0.4 is 20.8 Å². The van der Waals surface area contributed by atoms with E-state index in [9.17, 15) is 4.79 Å². The van der Waals surface area contributed by atoms with Crippen LogP contribution in [0.1, 0.15) is 17.5 Å². The van der Waals surface area contributed by atoms with Gasteiger partial charge in [-0.25, -0.2) is 0 Å². The van der Waals surface area contributed by atoms with Crippen LogP contribution in [0.4, 0.5) is 5.82 Å². The summed E-state index contributed by atoms with van der Waals surface area (Å²) in [5, 5.41) is 9.45. The molecule has 2 heterocycles. The molecule has 4 rings (SSSR count). The molecule has 0 amide bonds. The molecule has 0 saturated carbocycles. The van der Waals surface area contributed by atoms with Crippen LogP contribution in [0.25, 0.3) is 10.2 Å². The van der Waals surface area contributed by atoms with Crippen molar-refractivity contribution in [3.8, 4) is 5.75 Å². The zero-order valence-electron chi connectivity index (χ0n) is 18.3. The van der Waals surface area contributed by atoms with Gasteiger partial charge < -0.3 is 20.4 Å². The number of ether oxygens (including phenoxy) is 1. The second kappa shape index (κ2) is 12.2. The quantitative estimate of drug-likeness (QED) is 0.157. The third-order valence-electron chi connectivity index (χ3n) is 5.23. The standard InChI is InChI=1S/C25H24Br2ClN3O2S/c26-18-12-17(24(20(27)13-18)33-10-6-16-2-4-19(28)5-3-16)15-29-8-1-9-30-23-14-22(32)25-21(31-23)7-11-34-25/h2-5,7,11-14,29H,1,6,8-10,15H2,(H2,30,31,32). The van der Waals surface area contributed by atoms with E-state index in [1.54, 1.807) is 6.07 Å². The van der Waals surface area contributed by atoms with Gasteiger partial charge in [-0.2, -0.15) is 0 Å². The smallest absolute Gasteiger partial charge is 0.201 e. The fourth-order valence-corrected chi connectivity index (χ4v) is 5.88. The molecule has 0 unspecified atom stereocenters. The first-order valence-corrected chi connectivity index (χ1v) is 13.7. The third-order valence-corrected chi connectivity index (χ3v) is 7.46. The monoisotopic (exact) mass is 623 g/mol. The van der Waals surface area contributed by atoms with Crippen LogP contribution in [0.5, 0.6) is 5.75 Å². The number of hydrogen-bond donors (Lipinski definition) is 3. The second-order valence-corrected chi connectivity index (χ2v) is 10.9. The molecule has 0 atom stereocenters. The van der Waals surface area contributed by atoms with E-state index in [1.165, 1.54) is 16.9 Å². The normalized spacial score (nSPS) is 11.1. The summed E-state index contributed by atoms with van der Waals surface area (Å²) < 4.78 is 8.83. The molecule has 178 valence electrons. The number of hydrogen-bond acceptors (Lipinski definition) is 5. The maximum atomic E-state index is 12.1. The third kappa shape index (κ3) is 6.86. The molecule has 5 nitrogen and oxygen atoms in total. The first kappa shape index (κ1) is 25.3. The summed E-state index contributed by atoms with van der Waals surface area (Å²) in [6.45, 7) is 2.84. The lowest BCUT2D eigenvalue weighted by Crippen LogP contribution is -2.19.